The van der Waals surface area contributed by atoms with Crippen molar-refractivity contribution < 1.29 is 9.15 Å². The molecule has 0 aliphatic rings. The van der Waals surface area contributed by atoms with Crippen molar-refractivity contribution in [2.24, 2.45) is 5.73 Å². The van der Waals surface area contributed by atoms with Crippen molar-refractivity contribution in [1.82, 2.24) is 0 Å². The molecule has 0 saturated heterocycles. The van der Waals surface area contributed by atoms with Crippen molar-refractivity contribution in [1.29, 1.82) is 0 Å². The minimum atomic E-state index is 0.435. The lowest BCUT2D eigenvalue weighted by atomic mass is 10.1. The molecule has 2 rings (SSSR count). The second-order valence-electron chi connectivity index (χ2n) is 4.99. The highest BCUT2D eigenvalue weighted by Gasteiger charge is 2.08. The quantitative estimate of drug-likeness (QED) is 0.913. The highest BCUT2D eigenvalue weighted by molar-refractivity contribution is 5.42. The van der Waals surface area contributed by atoms with E-state index in [1.54, 1.807) is 0 Å². The van der Waals surface area contributed by atoms with Gasteiger partial charge in [-0.2, -0.15) is 0 Å². The highest BCUT2D eigenvalue weighted by Crippen LogP contribution is 2.25. The van der Waals surface area contributed by atoms with Crippen LogP contribution in [0.15, 0.2) is 22.6 Å². The standard InChI is InChI=1S/C16H21NO2/c1-10-5-11(2)12(3)16(6-10)18-9-15-7-14(8-17)13(4)19-15/h5-7H,8-9,17H2,1-4H3. The lowest BCUT2D eigenvalue weighted by Crippen LogP contribution is -1.98. The van der Waals surface area contributed by atoms with Gasteiger partial charge in [-0.1, -0.05) is 6.07 Å². The molecular weight excluding hydrogens is 238 g/mol. The average molecular weight is 259 g/mol. The van der Waals surface area contributed by atoms with E-state index in [2.05, 4.69) is 32.9 Å². The Balaban J connectivity index is 2.14. The fourth-order valence-corrected chi connectivity index (χ4v) is 2.16. The van der Waals surface area contributed by atoms with Crippen LogP contribution in [0.1, 0.15) is 33.8 Å². The van der Waals surface area contributed by atoms with Crippen LogP contribution in [-0.4, -0.2) is 0 Å². The number of ether oxygens (including phenoxy) is 1. The molecule has 1 aromatic heterocycles. The van der Waals surface area contributed by atoms with Crippen LogP contribution in [0.5, 0.6) is 5.75 Å². The second-order valence-corrected chi connectivity index (χ2v) is 4.99. The molecule has 0 aliphatic heterocycles. The van der Waals surface area contributed by atoms with E-state index in [-0.39, 0.29) is 0 Å². The lowest BCUT2D eigenvalue weighted by molar-refractivity contribution is 0.265. The Bertz CT molecular complexity index is 585. The first-order valence-corrected chi connectivity index (χ1v) is 6.50. The van der Waals surface area contributed by atoms with Crippen molar-refractivity contribution >= 4 is 0 Å². The first kappa shape index (κ1) is 13.7. The van der Waals surface area contributed by atoms with Gasteiger partial charge < -0.3 is 14.9 Å². The van der Waals surface area contributed by atoms with Crippen LogP contribution in [0.4, 0.5) is 0 Å². The van der Waals surface area contributed by atoms with Gasteiger partial charge in [-0.05, 0) is 56.5 Å². The Hall–Kier alpha value is -1.74. The molecule has 0 unspecified atom stereocenters. The summed E-state index contributed by atoms with van der Waals surface area (Å²) in [5.74, 6) is 2.61. The number of nitrogens with two attached hydrogens (primary N) is 1. The predicted molar refractivity (Wildman–Crippen MR) is 76.3 cm³/mol. The molecular formula is C16H21NO2. The number of benzene rings is 1. The Morgan fingerprint density at radius 2 is 1.84 bits per heavy atom. The number of rotatable bonds is 4. The Kier molecular flexibility index (Phi) is 3.96. The Labute approximate surface area is 114 Å². The Morgan fingerprint density at radius 1 is 1.11 bits per heavy atom. The third kappa shape index (κ3) is 2.99. The maximum absolute atomic E-state index is 5.86. The van der Waals surface area contributed by atoms with E-state index < -0.39 is 0 Å². The van der Waals surface area contributed by atoms with Crippen molar-refractivity contribution in [3.63, 3.8) is 0 Å². The normalized spacial score (nSPS) is 10.8. The van der Waals surface area contributed by atoms with Gasteiger partial charge >= 0.3 is 0 Å². The molecule has 0 radical (unpaired) electrons. The molecule has 1 aromatic carbocycles. The lowest BCUT2D eigenvalue weighted by Gasteiger charge is -2.11. The van der Waals surface area contributed by atoms with Crippen LogP contribution >= 0.6 is 0 Å². The minimum absolute atomic E-state index is 0.435. The molecule has 102 valence electrons. The fraction of sp³-hybridized carbons (Fsp3) is 0.375. The van der Waals surface area contributed by atoms with Crippen molar-refractivity contribution in [2.75, 3.05) is 0 Å². The Morgan fingerprint density at radius 3 is 2.47 bits per heavy atom. The molecule has 0 amide bonds. The molecule has 0 spiro atoms. The zero-order valence-electron chi connectivity index (χ0n) is 12.0. The molecule has 0 saturated carbocycles. The summed E-state index contributed by atoms with van der Waals surface area (Å²) in [6.07, 6.45) is 0. The summed E-state index contributed by atoms with van der Waals surface area (Å²) in [4.78, 5) is 0. The van der Waals surface area contributed by atoms with E-state index in [0.717, 1.165) is 22.8 Å². The van der Waals surface area contributed by atoms with Crippen LogP contribution < -0.4 is 10.5 Å². The fourth-order valence-electron chi connectivity index (χ4n) is 2.16. The van der Waals surface area contributed by atoms with Gasteiger partial charge in [0, 0.05) is 12.1 Å². The summed E-state index contributed by atoms with van der Waals surface area (Å²) in [6.45, 7) is 9.10. The van der Waals surface area contributed by atoms with Crippen LogP contribution in [0.3, 0.4) is 0 Å². The van der Waals surface area contributed by atoms with Gasteiger partial charge in [0.2, 0.25) is 0 Å². The smallest absolute Gasteiger partial charge is 0.146 e. The van der Waals surface area contributed by atoms with E-state index in [1.165, 1.54) is 16.7 Å². The summed E-state index contributed by atoms with van der Waals surface area (Å²) in [5, 5.41) is 0. The van der Waals surface area contributed by atoms with Gasteiger partial charge in [0.15, 0.2) is 0 Å². The first-order valence-electron chi connectivity index (χ1n) is 6.50. The highest BCUT2D eigenvalue weighted by atomic mass is 16.5. The third-order valence-corrected chi connectivity index (χ3v) is 3.43. The summed E-state index contributed by atoms with van der Waals surface area (Å²) in [5.41, 5.74) is 10.3. The zero-order chi connectivity index (χ0) is 14.0. The maximum atomic E-state index is 5.86. The van der Waals surface area contributed by atoms with E-state index >= 15 is 0 Å². The van der Waals surface area contributed by atoms with Gasteiger partial charge in [-0.15, -0.1) is 0 Å². The summed E-state index contributed by atoms with van der Waals surface area (Å²) in [7, 11) is 0. The van der Waals surface area contributed by atoms with Gasteiger partial charge in [-0.3, -0.25) is 0 Å². The van der Waals surface area contributed by atoms with Crippen LogP contribution in [-0.2, 0) is 13.2 Å². The van der Waals surface area contributed by atoms with Crippen LogP contribution in [0.2, 0.25) is 0 Å². The van der Waals surface area contributed by atoms with E-state index in [0.29, 0.717) is 13.2 Å². The largest absolute Gasteiger partial charge is 0.485 e. The van der Waals surface area contributed by atoms with Gasteiger partial charge in [-0.25, -0.2) is 0 Å². The van der Waals surface area contributed by atoms with Crippen LogP contribution in [0, 0.1) is 27.7 Å². The maximum Gasteiger partial charge on any atom is 0.146 e. The molecule has 0 bridgehead atoms. The molecule has 2 N–H and O–H groups in total. The van der Waals surface area contributed by atoms with Crippen molar-refractivity contribution in [3.05, 3.63) is 52.0 Å². The predicted octanol–water partition coefficient (Wildman–Crippen LogP) is 3.55. The van der Waals surface area contributed by atoms with Crippen LogP contribution in [0.25, 0.3) is 0 Å². The third-order valence-electron chi connectivity index (χ3n) is 3.43. The second kappa shape index (κ2) is 5.49. The molecule has 0 fully saturated rings. The minimum Gasteiger partial charge on any atom is -0.485 e. The molecule has 1 heterocycles. The summed E-state index contributed by atoms with van der Waals surface area (Å²) >= 11 is 0. The van der Waals surface area contributed by atoms with E-state index in [9.17, 15) is 0 Å². The monoisotopic (exact) mass is 259 g/mol. The number of furan rings is 1. The van der Waals surface area contributed by atoms with E-state index in [4.69, 9.17) is 14.9 Å². The zero-order valence-corrected chi connectivity index (χ0v) is 12.0. The summed E-state index contributed by atoms with van der Waals surface area (Å²) in [6, 6.07) is 6.18. The molecule has 0 aliphatic carbocycles. The SMILES string of the molecule is Cc1cc(C)c(C)c(OCc2cc(CN)c(C)o2)c1. The van der Waals surface area contributed by atoms with E-state index in [1.807, 2.05) is 13.0 Å². The van der Waals surface area contributed by atoms with Gasteiger partial charge in [0.25, 0.3) is 0 Å². The number of hydrogen-bond acceptors (Lipinski definition) is 3. The number of aryl methyl sites for hydroxylation is 3. The molecule has 19 heavy (non-hydrogen) atoms. The molecule has 0 atom stereocenters. The topological polar surface area (TPSA) is 48.4 Å². The van der Waals surface area contributed by atoms with Gasteiger partial charge in [0.05, 0.1) is 0 Å². The molecule has 3 nitrogen and oxygen atoms in total. The molecule has 3 heteroatoms. The van der Waals surface area contributed by atoms with Gasteiger partial charge in [0.1, 0.15) is 23.9 Å². The average Bonchev–Trinajstić information content (AvgIpc) is 2.72. The summed E-state index contributed by atoms with van der Waals surface area (Å²) < 4.78 is 11.5. The van der Waals surface area contributed by atoms with Crippen molar-refractivity contribution in [3.8, 4) is 5.75 Å². The first-order chi connectivity index (χ1) is 9.01. The number of hydrogen-bond donors (Lipinski definition) is 1. The van der Waals surface area contributed by atoms with Crippen molar-refractivity contribution in [2.45, 2.75) is 40.8 Å². The molecule has 2 aromatic rings.